The lowest BCUT2D eigenvalue weighted by molar-refractivity contribution is -0.145. The first kappa shape index (κ1) is 12.4. The predicted octanol–water partition coefficient (Wildman–Crippen LogP) is 2.11. The van der Waals surface area contributed by atoms with Gasteiger partial charge in [-0.1, -0.05) is 13.0 Å². The van der Waals surface area contributed by atoms with Crippen LogP contribution in [0.5, 0.6) is 11.5 Å². The monoisotopic (exact) mass is 224 g/mol. The normalized spacial score (nSPS) is 11.9. The number of carbonyl (C=O) groups excluding carboxylic acids is 1. The van der Waals surface area contributed by atoms with Gasteiger partial charge in [-0.2, -0.15) is 0 Å². The third kappa shape index (κ3) is 4.21. The van der Waals surface area contributed by atoms with Gasteiger partial charge in [0.15, 0.2) is 0 Å². The number of hydrogen-bond acceptors (Lipinski definition) is 4. The number of carbonyl (C=O) groups is 1. The molecule has 0 aliphatic heterocycles. The molecule has 4 heteroatoms. The first-order chi connectivity index (χ1) is 7.61. The number of hydrogen-bond donors (Lipinski definition) is 1. The maximum atomic E-state index is 10.9. The average molecular weight is 224 g/mol. The Bertz CT molecular complexity index is 349. The van der Waals surface area contributed by atoms with E-state index >= 15 is 0 Å². The van der Waals surface area contributed by atoms with Crippen molar-refractivity contribution in [3.63, 3.8) is 0 Å². The Morgan fingerprint density at radius 1 is 1.50 bits per heavy atom. The molecule has 0 heterocycles. The van der Waals surface area contributed by atoms with E-state index in [-0.39, 0.29) is 24.4 Å². The van der Waals surface area contributed by atoms with Gasteiger partial charge in [0.05, 0.1) is 0 Å². The molecule has 0 fully saturated rings. The molecular weight excluding hydrogens is 208 g/mol. The summed E-state index contributed by atoms with van der Waals surface area (Å²) in [6.45, 7) is 3.75. The summed E-state index contributed by atoms with van der Waals surface area (Å²) in [7, 11) is 0. The second-order valence-electron chi connectivity index (χ2n) is 3.46. The van der Waals surface area contributed by atoms with Crippen molar-refractivity contribution in [3.05, 3.63) is 24.3 Å². The molecule has 1 N–H and O–H groups in total. The minimum absolute atomic E-state index is 0.148. The quantitative estimate of drug-likeness (QED) is 0.778. The SMILES string of the molecule is CCC(=O)OCC(C)Oc1cccc(O)c1. The second kappa shape index (κ2) is 6.00. The number of phenols is 1. The lowest BCUT2D eigenvalue weighted by atomic mass is 10.3. The molecule has 0 radical (unpaired) electrons. The maximum Gasteiger partial charge on any atom is 0.305 e. The lowest BCUT2D eigenvalue weighted by Crippen LogP contribution is -2.21. The molecule has 4 nitrogen and oxygen atoms in total. The minimum atomic E-state index is -0.244. The Morgan fingerprint density at radius 3 is 2.88 bits per heavy atom. The highest BCUT2D eigenvalue weighted by Gasteiger charge is 2.07. The number of phenolic OH excluding ortho intramolecular Hbond substituents is 1. The van der Waals surface area contributed by atoms with Gasteiger partial charge in [0, 0.05) is 12.5 Å². The number of aromatic hydroxyl groups is 1. The Kier molecular flexibility index (Phi) is 4.64. The highest BCUT2D eigenvalue weighted by Crippen LogP contribution is 2.18. The van der Waals surface area contributed by atoms with Crippen molar-refractivity contribution in [2.45, 2.75) is 26.4 Å². The zero-order valence-corrected chi connectivity index (χ0v) is 9.47. The Morgan fingerprint density at radius 2 is 2.25 bits per heavy atom. The molecule has 0 saturated carbocycles. The van der Waals surface area contributed by atoms with Crippen molar-refractivity contribution in [3.8, 4) is 11.5 Å². The molecule has 88 valence electrons. The summed E-state index contributed by atoms with van der Waals surface area (Å²) >= 11 is 0. The van der Waals surface area contributed by atoms with E-state index in [4.69, 9.17) is 9.47 Å². The topological polar surface area (TPSA) is 55.8 Å². The molecule has 1 atom stereocenters. The molecule has 0 spiro atoms. The summed E-state index contributed by atoms with van der Waals surface area (Å²) in [6, 6.07) is 6.50. The van der Waals surface area contributed by atoms with Gasteiger partial charge in [0.2, 0.25) is 0 Å². The van der Waals surface area contributed by atoms with Crippen LogP contribution in [0.2, 0.25) is 0 Å². The van der Waals surface area contributed by atoms with E-state index in [0.717, 1.165) is 0 Å². The van der Waals surface area contributed by atoms with Crippen LogP contribution < -0.4 is 4.74 Å². The summed E-state index contributed by atoms with van der Waals surface area (Å²) < 4.78 is 10.4. The van der Waals surface area contributed by atoms with E-state index in [1.54, 1.807) is 32.0 Å². The van der Waals surface area contributed by atoms with E-state index in [1.165, 1.54) is 6.07 Å². The first-order valence-electron chi connectivity index (χ1n) is 5.23. The van der Waals surface area contributed by atoms with Crippen LogP contribution >= 0.6 is 0 Å². The molecular formula is C12H16O4. The highest BCUT2D eigenvalue weighted by atomic mass is 16.6. The van der Waals surface area contributed by atoms with Gasteiger partial charge in [0.25, 0.3) is 0 Å². The van der Waals surface area contributed by atoms with E-state index in [0.29, 0.717) is 12.2 Å². The Labute approximate surface area is 94.8 Å². The van der Waals surface area contributed by atoms with Gasteiger partial charge in [-0.05, 0) is 19.1 Å². The molecule has 1 rings (SSSR count). The van der Waals surface area contributed by atoms with Gasteiger partial charge < -0.3 is 14.6 Å². The number of benzene rings is 1. The van der Waals surface area contributed by atoms with Crippen LogP contribution in [0.3, 0.4) is 0 Å². The van der Waals surface area contributed by atoms with Gasteiger partial charge >= 0.3 is 5.97 Å². The summed E-state index contributed by atoms with van der Waals surface area (Å²) in [5, 5.41) is 9.22. The molecule has 0 aromatic heterocycles. The average Bonchev–Trinajstić information content (AvgIpc) is 2.26. The van der Waals surface area contributed by atoms with Crippen LogP contribution in [-0.4, -0.2) is 23.8 Å². The lowest BCUT2D eigenvalue weighted by Gasteiger charge is -2.14. The summed E-state index contributed by atoms with van der Waals surface area (Å²) in [5.41, 5.74) is 0. The van der Waals surface area contributed by atoms with Crippen molar-refractivity contribution in [2.75, 3.05) is 6.61 Å². The molecule has 0 amide bonds. The van der Waals surface area contributed by atoms with Gasteiger partial charge in [0.1, 0.15) is 24.2 Å². The Hall–Kier alpha value is -1.71. The molecule has 16 heavy (non-hydrogen) atoms. The van der Waals surface area contributed by atoms with Crippen molar-refractivity contribution in [1.29, 1.82) is 0 Å². The number of rotatable bonds is 5. The molecule has 0 aliphatic carbocycles. The fourth-order valence-corrected chi connectivity index (χ4v) is 1.14. The molecule has 0 saturated heterocycles. The van der Waals surface area contributed by atoms with Crippen molar-refractivity contribution >= 4 is 5.97 Å². The summed E-state index contributed by atoms with van der Waals surface area (Å²) in [4.78, 5) is 10.9. The van der Waals surface area contributed by atoms with Crippen LogP contribution in [-0.2, 0) is 9.53 Å². The van der Waals surface area contributed by atoms with Crippen LogP contribution in [0, 0.1) is 0 Å². The largest absolute Gasteiger partial charge is 0.508 e. The van der Waals surface area contributed by atoms with Gasteiger partial charge in [-0.15, -0.1) is 0 Å². The smallest absolute Gasteiger partial charge is 0.305 e. The number of esters is 1. The second-order valence-corrected chi connectivity index (χ2v) is 3.46. The third-order valence-electron chi connectivity index (χ3n) is 1.92. The Balaban J connectivity index is 2.39. The standard InChI is InChI=1S/C12H16O4/c1-3-12(14)15-8-9(2)16-11-6-4-5-10(13)7-11/h4-7,9,13H,3,8H2,1-2H3. The van der Waals surface area contributed by atoms with Crippen molar-refractivity contribution in [1.82, 2.24) is 0 Å². The van der Waals surface area contributed by atoms with E-state index in [1.807, 2.05) is 0 Å². The molecule has 0 bridgehead atoms. The zero-order valence-electron chi connectivity index (χ0n) is 9.47. The van der Waals surface area contributed by atoms with E-state index < -0.39 is 0 Å². The fourth-order valence-electron chi connectivity index (χ4n) is 1.14. The van der Waals surface area contributed by atoms with E-state index in [9.17, 15) is 9.90 Å². The van der Waals surface area contributed by atoms with Gasteiger partial charge in [-0.3, -0.25) is 4.79 Å². The van der Waals surface area contributed by atoms with Crippen molar-refractivity contribution < 1.29 is 19.4 Å². The summed E-state index contributed by atoms with van der Waals surface area (Å²) in [6.07, 6.45) is 0.121. The zero-order chi connectivity index (χ0) is 12.0. The fraction of sp³-hybridized carbons (Fsp3) is 0.417. The van der Waals surface area contributed by atoms with Crippen LogP contribution in [0.4, 0.5) is 0 Å². The highest BCUT2D eigenvalue weighted by molar-refractivity contribution is 5.68. The molecule has 1 unspecified atom stereocenters. The molecule has 1 aromatic carbocycles. The minimum Gasteiger partial charge on any atom is -0.508 e. The van der Waals surface area contributed by atoms with Crippen molar-refractivity contribution in [2.24, 2.45) is 0 Å². The summed E-state index contributed by atoms with van der Waals surface area (Å²) in [5.74, 6) is 0.460. The predicted molar refractivity (Wildman–Crippen MR) is 59.4 cm³/mol. The van der Waals surface area contributed by atoms with Crippen LogP contribution in [0.1, 0.15) is 20.3 Å². The third-order valence-corrected chi connectivity index (χ3v) is 1.92. The van der Waals surface area contributed by atoms with E-state index in [2.05, 4.69) is 0 Å². The molecule has 0 aliphatic rings. The van der Waals surface area contributed by atoms with Crippen LogP contribution in [0.15, 0.2) is 24.3 Å². The number of ether oxygens (including phenoxy) is 2. The maximum absolute atomic E-state index is 10.9. The molecule has 1 aromatic rings. The van der Waals surface area contributed by atoms with Gasteiger partial charge in [-0.25, -0.2) is 0 Å². The first-order valence-corrected chi connectivity index (χ1v) is 5.23. The van der Waals surface area contributed by atoms with Crippen LogP contribution in [0.25, 0.3) is 0 Å².